The van der Waals surface area contributed by atoms with Crippen molar-refractivity contribution in [3.63, 3.8) is 0 Å². The van der Waals surface area contributed by atoms with E-state index in [2.05, 4.69) is 183 Å². The van der Waals surface area contributed by atoms with Crippen molar-refractivity contribution in [2.24, 2.45) is 0 Å². The van der Waals surface area contributed by atoms with Gasteiger partial charge in [0, 0.05) is 56.2 Å². The van der Waals surface area contributed by atoms with E-state index < -0.39 is 0 Å². The molecule has 4 aliphatic carbocycles. The smallest absolute Gasteiger partial charge is 0.0608 e. The van der Waals surface area contributed by atoms with Crippen molar-refractivity contribution in [1.82, 2.24) is 4.98 Å². The highest BCUT2D eigenvalue weighted by Crippen LogP contribution is 2.55. The van der Waals surface area contributed by atoms with Gasteiger partial charge >= 0.3 is 0 Å². The Bertz CT molecular complexity index is 2950. The van der Waals surface area contributed by atoms with Gasteiger partial charge in [0.25, 0.3) is 0 Å². The van der Waals surface area contributed by atoms with Crippen molar-refractivity contribution in [2.45, 2.75) is 143 Å². The summed E-state index contributed by atoms with van der Waals surface area (Å²) in [5.74, 6) is 0.999. The number of hydrogen-bond acceptors (Lipinski definition) is 2. The highest BCUT2D eigenvalue weighted by Gasteiger charge is 2.36. The number of nitrogens with one attached hydrogen (secondary N) is 1. The minimum atomic E-state index is 0.157. The van der Waals surface area contributed by atoms with E-state index in [0.717, 1.165) is 32.1 Å². The molecule has 0 amide bonds. The Labute approximate surface area is 388 Å². The molecule has 2 nitrogen and oxygen atoms in total. The number of thioether (sulfide) groups is 1. The maximum Gasteiger partial charge on any atom is 0.0608 e. The number of fused-ring (bicyclic) bond motifs is 6. The lowest BCUT2D eigenvalue weighted by Gasteiger charge is -2.38. The van der Waals surface area contributed by atoms with E-state index in [4.69, 9.17) is 0 Å². The summed E-state index contributed by atoms with van der Waals surface area (Å²) >= 11 is 1.95. The first-order valence-corrected chi connectivity index (χ1v) is 24.9. The van der Waals surface area contributed by atoms with Crippen LogP contribution < -0.4 is 4.90 Å². The standard InChI is InChI=1S/C61H66N2S/c1-12-36(4)46-20-14-15-21-47(46)45(13-2)40(8)28-44-34-63(55-33-50-37(5)24-25-61(10,11)53(50)29-41(55)9)56-32-43(57-38(6)18-16-19-39(57)7)30-52(60(56)64-44)48-22-17-23-49-58-51-27-35(3)26-42(51)31-54(58)62-59(48)49/h13-16,18-22,26,28-30,32-34,36-37,62H,12,17,23-25,27,31H2,1-11H3/b40-28-,45-13+. The first kappa shape index (κ1) is 42.7. The fraction of sp³-hybridized carbons (Fsp3) is 0.344. The minimum absolute atomic E-state index is 0.157. The number of aromatic amines is 1. The highest BCUT2D eigenvalue weighted by atomic mass is 32.2. The summed E-state index contributed by atoms with van der Waals surface area (Å²) in [5.41, 5.74) is 30.8. The number of benzene rings is 4. The van der Waals surface area contributed by atoms with E-state index in [1.54, 1.807) is 5.57 Å². The van der Waals surface area contributed by atoms with Crippen LogP contribution in [0.1, 0.15) is 166 Å². The van der Waals surface area contributed by atoms with E-state index in [0.29, 0.717) is 11.8 Å². The summed E-state index contributed by atoms with van der Waals surface area (Å²) in [6, 6.07) is 26.0. The van der Waals surface area contributed by atoms with Crippen molar-refractivity contribution in [1.29, 1.82) is 0 Å². The number of aromatic nitrogens is 1. The van der Waals surface area contributed by atoms with Gasteiger partial charge in [-0.3, -0.25) is 0 Å². The fourth-order valence-electron chi connectivity index (χ4n) is 11.9. The molecule has 1 aromatic heterocycles. The Morgan fingerprint density at radius 3 is 2.48 bits per heavy atom. The minimum Gasteiger partial charge on any atom is -0.357 e. The number of H-pyrrole nitrogens is 1. The van der Waals surface area contributed by atoms with Gasteiger partial charge in [0.15, 0.2) is 0 Å². The van der Waals surface area contributed by atoms with E-state index >= 15 is 0 Å². The third-order valence-electron chi connectivity index (χ3n) is 15.5. The molecule has 2 atom stereocenters. The van der Waals surface area contributed by atoms with Crippen LogP contribution in [0.15, 0.2) is 124 Å². The maximum atomic E-state index is 4.10. The SMILES string of the molecule is C/C=C(\C(C)=C/C1=CN(c2cc3c(cc2C)C(C)(C)CCC3C)c2cc(-c3c(C)cccc3C)cc(C3=CCCc4c3[nH]c3c4C4=C(C=C(C)C4)C3)c2S1)c1ccccc1C(C)CC. The quantitative estimate of drug-likeness (QED) is 0.157. The summed E-state index contributed by atoms with van der Waals surface area (Å²) in [7, 11) is 0. The van der Waals surface area contributed by atoms with Crippen LogP contribution in [0.3, 0.4) is 0 Å². The number of aryl methyl sites for hydroxylation is 3. The van der Waals surface area contributed by atoms with Crippen LogP contribution in [0.25, 0.3) is 27.8 Å². The summed E-state index contributed by atoms with van der Waals surface area (Å²) in [4.78, 5) is 9.27. The van der Waals surface area contributed by atoms with Crippen molar-refractivity contribution in [3.8, 4) is 11.1 Å². The predicted octanol–water partition coefficient (Wildman–Crippen LogP) is 17.5. The monoisotopic (exact) mass is 858 g/mol. The molecule has 5 aromatic rings. The molecular weight excluding hydrogens is 793 g/mol. The van der Waals surface area contributed by atoms with Crippen LogP contribution in [-0.4, -0.2) is 4.98 Å². The third-order valence-corrected chi connectivity index (χ3v) is 16.6. The molecule has 1 aliphatic heterocycles. The fourth-order valence-corrected chi connectivity index (χ4v) is 13.1. The van der Waals surface area contributed by atoms with E-state index in [-0.39, 0.29) is 5.41 Å². The summed E-state index contributed by atoms with van der Waals surface area (Å²) in [5, 5.41) is 0. The average Bonchev–Trinajstić information content (AvgIpc) is 3.93. The lowest BCUT2D eigenvalue weighted by Crippen LogP contribution is -2.26. The normalized spacial score (nSPS) is 19.4. The molecule has 326 valence electrons. The number of allylic oxidation sites excluding steroid dienone is 9. The van der Waals surface area contributed by atoms with E-state index in [9.17, 15) is 0 Å². The van der Waals surface area contributed by atoms with Gasteiger partial charge < -0.3 is 9.88 Å². The average molecular weight is 859 g/mol. The number of rotatable bonds is 8. The van der Waals surface area contributed by atoms with Crippen molar-refractivity contribution < 1.29 is 0 Å². The Morgan fingerprint density at radius 2 is 1.72 bits per heavy atom. The van der Waals surface area contributed by atoms with Gasteiger partial charge in [-0.05, 0) is 200 Å². The number of hydrogen-bond donors (Lipinski definition) is 1. The lowest BCUT2D eigenvalue weighted by atomic mass is 9.68. The van der Waals surface area contributed by atoms with Gasteiger partial charge in [-0.2, -0.15) is 0 Å². The molecule has 0 fully saturated rings. The largest absolute Gasteiger partial charge is 0.357 e. The molecule has 0 bridgehead atoms. The molecule has 2 unspecified atom stereocenters. The van der Waals surface area contributed by atoms with Crippen LogP contribution in [0, 0.1) is 20.8 Å². The van der Waals surface area contributed by atoms with Crippen LogP contribution >= 0.6 is 11.8 Å². The molecular formula is C61H66N2S. The molecule has 2 heterocycles. The molecule has 0 spiro atoms. The van der Waals surface area contributed by atoms with Gasteiger partial charge in [-0.15, -0.1) is 0 Å². The first-order valence-electron chi connectivity index (χ1n) is 24.1. The van der Waals surface area contributed by atoms with Crippen molar-refractivity contribution in [3.05, 3.63) is 186 Å². The van der Waals surface area contributed by atoms with Gasteiger partial charge in [-0.1, -0.05) is 119 Å². The molecule has 0 saturated heterocycles. The Hall–Kier alpha value is -5.25. The Balaban J connectivity index is 1.21. The van der Waals surface area contributed by atoms with Crippen LogP contribution in [0.4, 0.5) is 11.4 Å². The topological polar surface area (TPSA) is 19.0 Å². The van der Waals surface area contributed by atoms with Crippen LogP contribution in [-0.2, 0) is 18.3 Å². The highest BCUT2D eigenvalue weighted by molar-refractivity contribution is 8.03. The zero-order valence-corrected chi connectivity index (χ0v) is 41.0. The molecule has 0 radical (unpaired) electrons. The molecule has 3 heteroatoms. The molecule has 1 N–H and O–H groups in total. The van der Waals surface area contributed by atoms with Crippen LogP contribution in [0.5, 0.6) is 0 Å². The van der Waals surface area contributed by atoms with E-state index in [1.165, 1.54) is 140 Å². The van der Waals surface area contributed by atoms with Crippen molar-refractivity contribution in [2.75, 3.05) is 4.90 Å². The Kier molecular flexibility index (Phi) is 10.9. The molecule has 4 aromatic carbocycles. The van der Waals surface area contributed by atoms with Gasteiger partial charge in [0.05, 0.1) is 5.69 Å². The molecule has 0 saturated carbocycles. The zero-order chi connectivity index (χ0) is 44.8. The second kappa shape index (κ2) is 16.3. The third kappa shape index (κ3) is 7.09. The Morgan fingerprint density at radius 1 is 0.938 bits per heavy atom. The van der Waals surface area contributed by atoms with E-state index in [1.807, 2.05) is 11.8 Å². The summed E-state index contributed by atoms with van der Waals surface area (Å²) in [6.07, 6.45) is 20.0. The summed E-state index contributed by atoms with van der Waals surface area (Å²) in [6.45, 7) is 25.7. The number of nitrogens with zero attached hydrogens (tertiary/aromatic N) is 1. The maximum absolute atomic E-state index is 4.10. The van der Waals surface area contributed by atoms with Gasteiger partial charge in [0.1, 0.15) is 0 Å². The summed E-state index contributed by atoms with van der Waals surface area (Å²) < 4.78 is 0. The first-order chi connectivity index (χ1) is 30.8. The van der Waals surface area contributed by atoms with Gasteiger partial charge in [0.2, 0.25) is 0 Å². The van der Waals surface area contributed by atoms with Gasteiger partial charge in [-0.25, -0.2) is 0 Å². The van der Waals surface area contributed by atoms with Crippen molar-refractivity contribution >= 4 is 39.9 Å². The lowest BCUT2D eigenvalue weighted by molar-refractivity contribution is 0.402. The number of anilines is 2. The predicted molar refractivity (Wildman–Crippen MR) is 277 cm³/mol. The molecule has 64 heavy (non-hydrogen) atoms. The second-order valence-electron chi connectivity index (χ2n) is 20.5. The molecule has 10 rings (SSSR count). The molecule has 5 aliphatic rings. The van der Waals surface area contributed by atoms with Crippen LogP contribution in [0.2, 0.25) is 0 Å². The zero-order valence-electron chi connectivity index (χ0n) is 40.2. The second-order valence-corrected chi connectivity index (χ2v) is 21.5.